The molecule has 1 aliphatic rings. The first-order valence-electron chi connectivity index (χ1n) is 7.73. The molecule has 0 spiro atoms. The maximum atomic E-state index is 11.3. The van der Waals surface area contributed by atoms with Crippen molar-refractivity contribution in [2.75, 3.05) is 0 Å². The Morgan fingerprint density at radius 2 is 1.88 bits per heavy atom. The summed E-state index contributed by atoms with van der Waals surface area (Å²) in [5.74, 6) is 0.694. The molecule has 1 heterocycles. The van der Waals surface area contributed by atoms with Crippen molar-refractivity contribution in [3.05, 3.63) is 58.6 Å². The van der Waals surface area contributed by atoms with Gasteiger partial charge >= 0.3 is 6.16 Å². The molecule has 2 aromatic carbocycles. The summed E-state index contributed by atoms with van der Waals surface area (Å²) in [6.07, 6.45) is 0.736. The molecule has 4 nitrogen and oxygen atoms in total. The summed E-state index contributed by atoms with van der Waals surface area (Å²) in [5, 5.41) is 9.96. The van der Waals surface area contributed by atoms with E-state index < -0.39 is 6.16 Å². The van der Waals surface area contributed by atoms with Crippen LogP contribution in [-0.2, 0) is 0 Å². The Morgan fingerprint density at radius 3 is 2.54 bits per heavy atom. The Kier molecular flexibility index (Phi) is 3.73. The summed E-state index contributed by atoms with van der Waals surface area (Å²) < 4.78 is 6.03. The van der Waals surface area contributed by atoms with E-state index in [1.165, 1.54) is 0 Å². The van der Waals surface area contributed by atoms with E-state index in [4.69, 9.17) is 9.72 Å². The van der Waals surface area contributed by atoms with Gasteiger partial charge in [-0.2, -0.15) is 0 Å². The van der Waals surface area contributed by atoms with Crippen LogP contribution in [0.2, 0.25) is 0 Å². The molecule has 1 N–H and O–H groups in total. The lowest BCUT2D eigenvalue weighted by atomic mass is 9.98. The average Bonchev–Trinajstić information content (AvgIpc) is 3.39. The molecular formula is C19H14BrNO3. The van der Waals surface area contributed by atoms with Crippen molar-refractivity contribution in [1.29, 1.82) is 0 Å². The van der Waals surface area contributed by atoms with Gasteiger partial charge in [-0.15, -0.1) is 0 Å². The summed E-state index contributed by atoms with van der Waals surface area (Å²) in [6.45, 7) is 0. The van der Waals surface area contributed by atoms with Crippen molar-refractivity contribution in [3.63, 3.8) is 0 Å². The fourth-order valence-electron chi connectivity index (χ4n) is 3.01. The quantitative estimate of drug-likeness (QED) is 0.598. The first kappa shape index (κ1) is 15.1. The molecule has 24 heavy (non-hydrogen) atoms. The first-order chi connectivity index (χ1) is 11.6. The molecular weight excluding hydrogens is 370 g/mol. The zero-order valence-electron chi connectivity index (χ0n) is 12.7. The number of halogens is 1. The van der Waals surface area contributed by atoms with Crippen LogP contribution in [0.1, 0.15) is 24.3 Å². The van der Waals surface area contributed by atoms with Gasteiger partial charge in [-0.3, -0.25) is 0 Å². The normalized spacial score (nSPS) is 13.9. The molecule has 120 valence electrons. The Hall–Kier alpha value is -2.40. The van der Waals surface area contributed by atoms with Crippen LogP contribution in [0.15, 0.2) is 53.0 Å². The minimum absolute atomic E-state index is 0.290. The standard InChI is InChI=1S/C19H14BrNO3/c20-13-7-4-8-14-16(13)18(24-19(22)23)15(11-9-10-11)17(21-14)12-5-2-1-3-6-12/h1-8,11H,9-10H2,(H,22,23). The summed E-state index contributed by atoms with van der Waals surface area (Å²) in [4.78, 5) is 16.1. The fourth-order valence-corrected chi connectivity index (χ4v) is 3.55. The monoisotopic (exact) mass is 383 g/mol. The number of carboxylic acid groups (broad SMARTS) is 1. The van der Waals surface area contributed by atoms with Crippen LogP contribution in [0.5, 0.6) is 5.75 Å². The lowest BCUT2D eigenvalue weighted by Gasteiger charge is -2.16. The number of ether oxygens (including phenoxy) is 1. The highest BCUT2D eigenvalue weighted by atomic mass is 79.9. The van der Waals surface area contributed by atoms with Gasteiger partial charge in [-0.1, -0.05) is 36.4 Å². The van der Waals surface area contributed by atoms with E-state index in [0.717, 1.165) is 34.1 Å². The molecule has 4 rings (SSSR count). The summed E-state index contributed by atoms with van der Waals surface area (Å²) in [5.41, 5.74) is 3.38. The van der Waals surface area contributed by atoms with Crippen molar-refractivity contribution in [2.45, 2.75) is 18.8 Å². The molecule has 3 aromatic rings. The van der Waals surface area contributed by atoms with Crippen LogP contribution in [0, 0.1) is 0 Å². The second kappa shape index (κ2) is 5.91. The van der Waals surface area contributed by atoms with Gasteiger partial charge in [0.2, 0.25) is 0 Å². The highest BCUT2D eigenvalue weighted by molar-refractivity contribution is 9.10. The molecule has 0 saturated heterocycles. The summed E-state index contributed by atoms with van der Waals surface area (Å²) in [7, 11) is 0. The number of hydrogen-bond acceptors (Lipinski definition) is 3. The largest absolute Gasteiger partial charge is 0.511 e. The molecule has 0 bridgehead atoms. The van der Waals surface area contributed by atoms with E-state index in [2.05, 4.69) is 15.9 Å². The third-order valence-electron chi connectivity index (χ3n) is 4.17. The Labute approximate surface area is 147 Å². The third kappa shape index (κ3) is 2.65. The van der Waals surface area contributed by atoms with Crippen molar-refractivity contribution < 1.29 is 14.6 Å². The van der Waals surface area contributed by atoms with Crippen LogP contribution in [-0.4, -0.2) is 16.2 Å². The van der Waals surface area contributed by atoms with Crippen LogP contribution in [0.25, 0.3) is 22.2 Å². The number of fused-ring (bicyclic) bond motifs is 1. The molecule has 1 fully saturated rings. The molecule has 1 saturated carbocycles. The predicted molar refractivity (Wildman–Crippen MR) is 95.5 cm³/mol. The Morgan fingerprint density at radius 1 is 1.12 bits per heavy atom. The van der Waals surface area contributed by atoms with Crippen LogP contribution >= 0.6 is 15.9 Å². The predicted octanol–water partition coefficient (Wildman–Crippen LogP) is 5.60. The fraction of sp³-hybridized carbons (Fsp3) is 0.158. The van der Waals surface area contributed by atoms with Crippen molar-refractivity contribution >= 4 is 33.0 Å². The van der Waals surface area contributed by atoms with E-state index in [9.17, 15) is 9.90 Å². The van der Waals surface area contributed by atoms with Crippen LogP contribution < -0.4 is 4.74 Å². The molecule has 5 heteroatoms. The molecule has 0 radical (unpaired) electrons. The van der Waals surface area contributed by atoms with Gasteiger partial charge in [0.1, 0.15) is 0 Å². The van der Waals surface area contributed by atoms with Gasteiger partial charge < -0.3 is 9.84 Å². The van der Waals surface area contributed by atoms with E-state index in [1.807, 2.05) is 48.5 Å². The van der Waals surface area contributed by atoms with Crippen molar-refractivity contribution in [1.82, 2.24) is 4.98 Å². The van der Waals surface area contributed by atoms with Crippen molar-refractivity contribution in [3.8, 4) is 17.0 Å². The number of benzene rings is 2. The summed E-state index contributed by atoms with van der Waals surface area (Å²) in [6, 6.07) is 15.5. The molecule has 0 atom stereocenters. The number of rotatable bonds is 3. The van der Waals surface area contributed by atoms with Gasteiger partial charge in [0, 0.05) is 15.6 Å². The zero-order valence-corrected chi connectivity index (χ0v) is 14.3. The van der Waals surface area contributed by atoms with E-state index in [-0.39, 0.29) is 0 Å². The molecule has 0 amide bonds. The van der Waals surface area contributed by atoms with Crippen LogP contribution in [0.3, 0.4) is 0 Å². The molecule has 1 aromatic heterocycles. The maximum Gasteiger partial charge on any atom is 0.511 e. The van der Waals surface area contributed by atoms with Gasteiger partial charge in [0.25, 0.3) is 0 Å². The van der Waals surface area contributed by atoms with Gasteiger partial charge in [-0.25, -0.2) is 9.78 Å². The van der Waals surface area contributed by atoms with E-state index >= 15 is 0 Å². The Balaban J connectivity index is 2.09. The van der Waals surface area contributed by atoms with E-state index in [0.29, 0.717) is 22.6 Å². The average molecular weight is 384 g/mol. The zero-order chi connectivity index (χ0) is 16.7. The molecule has 0 unspecified atom stereocenters. The minimum atomic E-state index is -1.31. The number of nitrogens with zero attached hydrogens (tertiary/aromatic N) is 1. The number of carbonyl (C=O) groups is 1. The number of aromatic nitrogens is 1. The van der Waals surface area contributed by atoms with E-state index in [1.54, 1.807) is 0 Å². The SMILES string of the molecule is O=C(O)Oc1c(C2CC2)c(-c2ccccc2)nc2cccc(Br)c12. The van der Waals surface area contributed by atoms with Gasteiger partial charge in [-0.05, 0) is 46.8 Å². The third-order valence-corrected chi connectivity index (χ3v) is 4.83. The number of hydrogen-bond donors (Lipinski definition) is 1. The second-order valence-electron chi connectivity index (χ2n) is 5.85. The molecule has 1 aliphatic carbocycles. The summed E-state index contributed by atoms with van der Waals surface area (Å²) >= 11 is 3.51. The maximum absolute atomic E-state index is 11.3. The topological polar surface area (TPSA) is 59.4 Å². The highest BCUT2D eigenvalue weighted by Crippen LogP contribution is 2.51. The van der Waals surface area contributed by atoms with Gasteiger partial charge in [0.05, 0.1) is 16.6 Å². The minimum Gasteiger partial charge on any atom is -0.449 e. The second-order valence-corrected chi connectivity index (χ2v) is 6.70. The van der Waals surface area contributed by atoms with Crippen LogP contribution in [0.4, 0.5) is 4.79 Å². The van der Waals surface area contributed by atoms with Gasteiger partial charge in [0.15, 0.2) is 5.75 Å². The smallest absolute Gasteiger partial charge is 0.449 e. The highest BCUT2D eigenvalue weighted by Gasteiger charge is 2.33. The lowest BCUT2D eigenvalue weighted by Crippen LogP contribution is -2.08. The number of pyridine rings is 1. The lowest BCUT2D eigenvalue weighted by molar-refractivity contribution is 0.144. The first-order valence-corrected chi connectivity index (χ1v) is 8.53. The Bertz CT molecular complexity index is 936. The van der Waals surface area contributed by atoms with Crippen molar-refractivity contribution in [2.24, 2.45) is 0 Å². The molecule has 0 aliphatic heterocycles.